The first-order chi connectivity index (χ1) is 10.9. The van der Waals surface area contributed by atoms with Crippen molar-refractivity contribution in [1.82, 2.24) is 0 Å². The quantitative estimate of drug-likeness (QED) is 0.699. The highest BCUT2D eigenvalue weighted by atomic mass is 79.9. The summed E-state index contributed by atoms with van der Waals surface area (Å²) in [6, 6.07) is 6.84. The molecule has 1 aromatic carbocycles. The third kappa shape index (κ3) is 3.13. The summed E-state index contributed by atoms with van der Waals surface area (Å²) in [5, 5.41) is 18.3. The van der Waals surface area contributed by atoms with Crippen LogP contribution in [-0.2, 0) is 4.79 Å². The average molecular weight is 434 g/mol. The minimum absolute atomic E-state index is 0.116. The number of rotatable bonds is 3. The van der Waals surface area contributed by atoms with Gasteiger partial charge in [-0.1, -0.05) is 30.1 Å². The van der Waals surface area contributed by atoms with Gasteiger partial charge in [0, 0.05) is 25.7 Å². The molecule has 3 rings (SSSR count). The zero-order valence-electron chi connectivity index (χ0n) is 11.8. The van der Waals surface area contributed by atoms with E-state index in [1.54, 1.807) is 34.5 Å². The SMILES string of the molecule is C[C@H]1C(C(=O)O)=NN(c2ccc(Cl)cc2Cl)[C@H]1c1cc(Br)cs1. The molecular weight excluding hydrogens is 423 g/mol. The van der Waals surface area contributed by atoms with Gasteiger partial charge in [-0.3, -0.25) is 5.01 Å². The molecule has 1 N–H and O–H groups in total. The van der Waals surface area contributed by atoms with Crippen molar-refractivity contribution in [2.24, 2.45) is 11.0 Å². The molecular formula is C15H11BrCl2N2O2S. The van der Waals surface area contributed by atoms with Crippen LogP contribution < -0.4 is 5.01 Å². The van der Waals surface area contributed by atoms with Crippen LogP contribution in [0.3, 0.4) is 0 Å². The van der Waals surface area contributed by atoms with Crippen molar-refractivity contribution in [1.29, 1.82) is 0 Å². The fourth-order valence-corrected chi connectivity index (χ4v) is 4.72. The van der Waals surface area contributed by atoms with Crippen molar-refractivity contribution in [2.75, 3.05) is 5.01 Å². The number of carboxylic acid groups (broad SMARTS) is 1. The number of benzene rings is 1. The Balaban J connectivity index is 2.11. The predicted molar refractivity (Wildman–Crippen MR) is 97.9 cm³/mol. The molecule has 0 fully saturated rings. The summed E-state index contributed by atoms with van der Waals surface area (Å²) in [4.78, 5) is 12.5. The molecule has 0 aliphatic carbocycles. The lowest BCUT2D eigenvalue weighted by Crippen LogP contribution is -2.25. The van der Waals surface area contributed by atoms with E-state index in [4.69, 9.17) is 23.2 Å². The van der Waals surface area contributed by atoms with E-state index in [9.17, 15) is 9.90 Å². The van der Waals surface area contributed by atoms with Crippen LogP contribution in [0.4, 0.5) is 5.69 Å². The van der Waals surface area contributed by atoms with Crippen LogP contribution in [0.2, 0.25) is 10.0 Å². The van der Waals surface area contributed by atoms with Gasteiger partial charge in [0.25, 0.3) is 0 Å². The molecule has 0 bridgehead atoms. The van der Waals surface area contributed by atoms with Gasteiger partial charge in [0.2, 0.25) is 0 Å². The number of nitrogens with zero attached hydrogens (tertiary/aromatic N) is 2. The second-order valence-electron chi connectivity index (χ2n) is 5.13. The van der Waals surface area contributed by atoms with Gasteiger partial charge in [0.1, 0.15) is 0 Å². The summed E-state index contributed by atoms with van der Waals surface area (Å²) in [7, 11) is 0. The van der Waals surface area contributed by atoms with Crippen LogP contribution in [0, 0.1) is 5.92 Å². The summed E-state index contributed by atoms with van der Waals surface area (Å²) < 4.78 is 0.954. The third-order valence-corrected chi connectivity index (χ3v) is 5.94. The van der Waals surface area contributed by atoms with E-state index in [0.29, 0.717) is 15.7 Å². The van der Waals surface area contributed by atoms with Gasteiger partial charge < -0.3 is 5.11 Å². The average Bonchev–Trinajstić information content (AvgIpc) is 3.02. The monoisotopic (exact) mass is 432 g/mol. The normalized spacial score (nSPS) is 20.7. The Morgan fingerprint density at radius 3 is 2.70 bits per heavy atom. The number of thiophene rings is 1. The van der Waals surface area contributed by atoms with E-state index in [1.807, 2.05) is 18.4 Å². The van der Waals surface area contributed by atoms with Gasteiger partial charge >= 0.3 is 5.97 Å². The standard InChI is InChI=1S/C15H11BrCl2N2O2S/c1-7-13(15(21)22)19-20(11-3-2-9(17)5-10(11)18)14(7)12-4-8(16)6-23-12/h2-7,14H,1H3,(H,21,22)/t7-,14+/m0/s1. The zero-order valence-corrected chi connectivity index (χ0v) is 15.7. The number of anilines is 1. The maximum absolute atomic E-state index is 11.5. The van der Waals surface area contributed by atoms with E-state index in [2.05, 4.69) is 21.0 Å². The Morgan fingerprint density at radius 1 is 1.39 bits per heavy atom. The van der Waals surface area contributed by atoms with E-state index in [-0.39, 0.29) is 17.7 Å². The maximum atomic E-state index is 11.5. The molecule has 23 heavy (non-hydrogen) atoms. The first-order valence-electron chi connectivity index (χ1n) is 6.68. The molecule has 0 saturated carbocycles. The van der Waals surface area contributed by atoms with Gasteiger partial charge in [-0.05, 0) is 40.2 Å². The fourth-order valence-electron chi connectivity index (χ4n) is 2.59. The van der Waals surface area contributed by atoms with Crippen molar-refractivity contribution >= 4 is 67.8 Å². The van der Waals surface area contributed by atoms with Gasteiger partial charge in [-0.15, -0.1) is 11.3 Å². The number of carboxylic acids is 1. The Morgan fingerprint density at radius 2 is 2.13 bits per heavy atom. The van der Waals surface area contributed by atoms with Gasteiger partial charge in [0.05, 0.1) is 16.8 Å². The molecule has 0 spiro atoms. The second-order valence-corrected chi connectivity index (χ2v) is 7.83. The first-order valence-corrected chi connectivity index (χ1v) is 9.11. The van der Waals surface area contributed by atoms with Gasteiger partial charge in [-0.25, -0.2) is 4.79 Å². The Kier molecular flexibility index (Phi) is 4.69. The highest BCUT2D eigenvalue weighted by Gasteiger charge is 2.40. The highest BCUT2D eigenvalue weighted by Crippen LogP contribution is 2.44. The molecule has 2 aromatic rings. The van der Waals surface area contributed by atoms with Crippen molar-refractivity contribution < 1.29 is 9.90 Å². The van der Waals surface area contributed by atoms with Gasteiger partial charge in [-0.2, -0.15) is 5.10 Å². The molecule has 0 amide bonds. The van der Waals surface area contributed by atoms with Crippen molar-refractivity contribution in [3.05, 3.63) is 49.0 Å². The number of carbonyl (C=O) groups is 1. The summed E-state index contributed by atoms with van der Waals surface area (Å²) in [5.74, 6) is -1.30. The number of halogens is 3. The minimum atomic E-state index is -1.02. The summed E-state index contributed by atoms with van der Waals surface area (Å²) in [5.41, 5.74) is 0.749. The molecule has 1 aromatic heterocycles. The van der Waals surface area contributed by atoms with Crippen molar-refractivity contribution in [3.8, 4) is 0 Å². The number of hydrogen-bond acceptors (Lipinski definition) is 4. The Bertz CT molecular complexity index is 809. The lowest BCUT2D eigenvalue weighted by molar-refractivity contribution is -0.129. The molecule has 4 nitrogen and oxygen atoms in total. The van der Waals surface area contributed by atoms with E-state index >= 15 is 0 Å². The molecule has 120 valence electrons. The van der Waals surface area contributed by atoms with E-state index < -0.39 is 5.97 Å². The summed E-state index contributed by atoms with van der Waals surface area (Å²) >= 11 is 17.2. The van der Waals surface area contributed by atoms with Crippen LogP contribution in [0.1, 0.15) is 17.8 Å². The molecule has 0 saturated heterocycles. The Labute approximate surface area is 155 Å². The molecule has 1 aliphatic rings. The number of hydrogen-bond donors (Lipinski definition) is 1. The van der Waals surface area contributed by atoms with E-state index in [1.165, 1.54) is 0 Å². The van der Waals surface area contributed by atoms with E-state index in [0.717, 1.165) is 9.35 Å². The predicted octanol–water partition coefficient (Wildman–Crippen LogP) is 5.46. The molecule has 2 heterocycles. The van der Waals surface area contributed by atoms with Crippen LogP contribution >= 0.6 is 50.5 Å². The van der Waals surface area contributed by atoms with Gasteiger partial charge in [0.15, 0.2) is 5.71 Å². The number of aliphatic carboxylic acids is 1. The van der Waals surface area contributed by atoms with Crippen LogP contribution in [-0.4, -0.2) is 16.8 Å². The summed E-state index contributed by atoms with van der Waals surface area (Å²) in [6.45, 7) is 1.86. The smallest absolute Gasteiger partial charge is 0.352 e. The topological polar surface area (TPSA) is 52.9 Å². The minimum Gasteiger partial charge on any atom is -0.477 e. The molecule has 1 aliphatic heterocycles. The highest BCUT2D eigenvalue weighted by molar-refractivity contribution is 9.10. The molecule has 0 unspecified atom stereocenters. The summed E-state index contributed by atoms with van der Waals surface area (Å²) in [6.07, 6.45) is 0. The lowest BCUT2D eigenvalue weighted by atomic mass is 9.96. The molecule has 2 atom stereocenters. The van der Waals surface area contributed by atoms with Crippen LogP contribution in [0.15, 0.2) is 39.2 Å². The third-order valence-electron chi connectivity index (χ3n) is 3.64. The van der Waals surface area contributed by atoms with Crippen molar-refractivity contribution in [3.63, 3.8) is 0 Å². The second kappa shape index (κ2) is 6.43. The Hall–Kier alpha value is -1.08. The fraction of sp³-hybridized carbons (Fsp3) is 0.200. The first kappa shape index (κ1) is 16.8. The lowest BCUT2D eigenvalue weighted by Gasteiger charge is -2.26. The maximum Gasteiger partial charge on any atom is 0.352 e. The largest absolute Gasteiger partial charge is 0.477 e. The molecule has 0 radical (unpaired) electrons. The van der Waals surface area contributed by atoms with Crippen LogP contribution in [0.25, 0.3) is 0 Å². The van der Waals surface area contributed by atoms with Crippen molar-refractivity contribution in [2.45, 2.75) is 13.0 Å². The van der Waals surface area contributed by atoms with Crippen LogP contribution in [0.5, 0.6) is 0 Å². The molecule has 8 heteroatoms. The zero-order chi connectivity index (χ0) is 16.7. The number of hydrazone groups is 1.